The van der Waals surface area contributed by atoms with Gasteiger partial charge in [0, 0.05) is 10.0 Å². The standard InChI is InChI=1S/C7H5BrF2O/c8-5-1-4(3-9)7(11)6(10)2-5/h1-2,11H,3H2. The van der Waals surface area contributed by atoms with Crippen molar-refractivity contribution in [2.24, 2.45) is 0 Å². The summed E-state index contributed by atoms with van der Waals surface area (Å²) in [5.74, 6) is -1.43. The molecule has 0 unspecified atom stereocenters. The molecule has 1 aromatic carbocycles. The molecule has 0 fully saturated rings. The molecule has 60 valence electrons. The summed E-state index contributed by atoms with van der Waals surface area (Å²) >= 11 is 2.97. The lowest BCUT2D eigenvalue weighted by atomic mass is 10.2. The molecule has 1 N–H and O–H groups in total. The topological polar surface area (TPSA) is 20.2 Å². The normalized spacial score (nSPS) is 10.1. The van der Waals surface area contributed by atoms with Crippen molar-refractivity contribution >= 4 is 15.9 Å². The van der Waals surface area contributed by atoms with E-state index in [1.165, 1.54) is 6.07 Å². The number of alkyl halides is 1. The van der Waals surface area contributed by atoms with E-state index >= 15 is 0 Å². The molecular weight excluding hydrogens is 218 g/mol. The van der Waals surface area contributed by atoms with Gasteiger partial charge in [-0.15, -0.1) is 0 Å². The van der Waals surface area contributed by atoms with E-state index in [-0.39, 0.29) is 5.56 Å². The van der Waals surface area contributed by atoms with Crippen molar-refractivity contribution in [3.05, 3.63) is 28.0 Å². The molecule has 0 heterocycles. The highest BCUT2D eigenvalue weighted by Crippen LogP contribution is 2.26. The van der Waals surface area contributed by atoms with Crippen LogP contribution >= 0.6 is 15.9 Å². The molecule has 0 aliphatic heterocycles. The molecule has 11 heavy (non-hydrogen) atoms. The third kappa shape index (κ3) is 1.68. The highest BCUT2D eigenvalue weighted by Gasteiger charge is 2.07. The minimum atomic E-state index is -0.873. The van der Waals surface area contributed by atoms with E-state index in [0.29, 0.717) is 4.47 Å². The maximum absolute atomic E-state index is 12.6. The number of phenolic OH excluding ortho intramolecular Hbond substituents is 1. The summed E-state index contributed by atoms with van der Waals surface area (Å²) in [7, 11) is 0. The Labute approximate surface area is 70.8 Å². The molecule has 0 spiro atoms. The van der Waals surface area contributed by atoms with Crippen LogP contribution in [0.1, 0.15) is 5.56 Å². The van der Waals surface area contributed by atoms with Crippen molar-refractivity contribution in [2.75, 3.05) is 0 Å². The summed E-state index contributed by atoms with van der Waals surface area (Å²) in [6.07, 6.45) is 0. The fourth-order valence-electron chi connectivity index (χ4n) is 0.721. The first-order valence-corrected chi connectivity index (χ1v) is 3.67. The molecule has 0 saturated carbocycles. The van der Waals surface area contributed by atoms with Gasteiger partial charge in [-0.2, -0.15) is 0 Å². The summed E-state index contributed by atoms with van der Waals surface area (Å²) in [4.78, 5) is 0. The summed E-state index contributed by atoms with van der Waals surface area (Å²) in [6.45, 7) is -0.873. The van der Waals surface area contributed by atoms with Gasteiger partial charge in [0.15, 0.2) is 11.6 Å². The molecule has 0 bridgehead atoms. The van der Waals surface area contributed by atoms with Crippen LogP contribution in [-0.2, 0) is 6.67 Å². The summed E-state index contributed by atoms with van der Waals surface area (Å²) in [5, 5.41) is 8.89. The lowest BCUT2D eigenvalue weighted by molar-refractivity contribution is 0.403. The quantitative estimate of drug-likeness (QED) is 0.775. The number of hydrogen-bond acceptors (Lipinski definition) is 1. The second-order valence-corrected chi connectivity index (χ2v) is 2.94. The molecule has 0 aromatic heterocycles. The van der Waals surface area contributed by atoms with Crippen LogP contribution in [0.2, 0.25) is 0 Å². The second kappa shape index (κ2) is 3.17. The van der Waals surface area contributed by atoms with Crippen LogP contribution < -0.4 is 0 Å². The highest BCUT2D eigenvalue weighted by molar-refractivity contribution is 9.10. The molecular formula is C7H5BrF2O. The van der Waals surface area contributed by atoms with Crippen LogP contribution in [0.25, 0.3) is 0 Å². The Morgan fingerprint density at radius 2 is 2.09 bits per heavy atom. The van der Waals surface area contributed by atoms with Crippen LogP contribution in [0.5, 0.6) is 5.75 Å². The Balaban J connectivity index is 3.24. The Morgan fingerprint density at radius 3 is 2.64 bits per heavy atom. The monoisotopic (exact) mass is 222 g/mol. The summed E-state index contributed by atoms with van der Waals surface area (Å²) < 4.78 is 25.0. The Bertz CT molecular complexity index is 275. The molecule has 0 amide bonds. The van der Waals surface area contributed by atoms with Crippen molar-refractivity contribution in [2.45, 2.75) is 6.67 Å². The molecule has 1 aromatic rings. The van der Waals surface area contributed by atoms with Crippen molar-refractivity contribution in [3.63, 3.8) is 0 Å². The maximum Gasteiger partial charge on any atom is 0.166 e. The summed E-state index contributed by atoms with van der Waals surface area (Å²) in [6, 6.07) is 2.41. The number of aromatic hydroxyl groups is 1. The Hall–Kier alpha value is -0.640. The number of phenols is 1. The fourth-order valence-corrected chi connectivity index (χ4v) is 1.20. The Kier molecular flexibility index (Phi) is 2.44. The minimum Gasteiger partial charge on any atom is -0.505 e. The van der Waals surface area contributed by atoms with E-state index < -0.39 is 18.2 Å². The number of benzene rings is 1. The van der Waals surface area contributed by atoms with E-state index in [9.17, 15) is 8.78 Å². The van der Waals surface area contributed by atoms with Gasteiger partial charge in [0.2, 0.25) is 0 Å². The van der Waals surface area contributed by atoms with Crippen molar-refractivity contribution in [1.82, 2.24) is 0 Å². The lowest BCUT2D eigenvalue weighted by Crippen LogP contribution is -1.84. The van der Waals surface area contributed by atoms with E-state index in [1.54, 1.807) is 0 Å². The predicted octanol–water partition coefficient (Wildman–Crippen LogP) is 2.76. The number of halogens is 3. The van der Waals surface area contributed by atoms with Gasteiger partial charge in [0.25, 0.3) is 0 Å². The van der Waals surface area contributed by atoms with Crippen molar-refractivity contribution < 1.29 is 13.9 Å². The zero-order valence-corrected chi connectivity index (χ0v) is 7.03. The van der Waals surface area contributed by atoms with E-state index in [1.807, 2.05) is 0 Å². The van der Waals surface area contributed by atoms with E-state index in [2.05, 4.69) is 15.9 Å². The van der Waals surface area contributed by atoms with E-state index in [0.717, 1.165) is 6.07 Å². The van der Waals surface area contributed by atoms with Gasteiger partial charge in [-0.25, -0.2) is 8.78 Å². The van der Waals surface area contributed by atoms with Crippen LogP contribution in [0.15, 0.2) is 16.6 Å². The number of hydrogen-bond donors (Lipinski definition) is 1. The fraction of sp³-hybridized carbons (Fsp3) is 0.143. The van der Waals surface area contributed by atoms with Gasteiger partial charge in [-0.3, -0.25) is 0 Å². The molecule has 0 aliphatic carbocycles. The van der Waals surface area contributed by atoms with Crippen molar-refractivity contribution in [1.29, 1.82) is 0 Å². The Morgan fingerprint density at radius 1 is 1.45 bits per heavy atom. The average molecular weight is 223 g/mol. The predicted molar refractivity (Wildman–Crippen MR) is 40.6 cm³/mol. The van der Waals surface area contributed by atoms with Crippen LogP contribution in [0.4, 0.5) is 8.78 Å². The minimum absolute atomic E-state index is 0.0446. The number of rotatable bonds is 1. The molecule has 0 saturated heterocycles. The highest BCUT2D eigenvalue weighted by atomic mass is 79.9. The SMILES string of the molecule is Oc1c(F)cc(Br)cc1CF. The molecule has 4 heteroatoms. The zero-order chi connectivity index (χ0) is 8.43. The van der Waals surface area contributed by atoms with Gasteiger partial charge in [-0.1, -0.05) is 15.9 Å². The van der Waals surface area contributed by atoms with Gasteiger partial charge in [0.1, 0.15) is 6.67 Å². The third-order valence-electron chi connectivity index (χ3n) is 1.25. The molecule has 1 nitrogen and oxygen atoms in total. The zero-order valence-electron chi connectivity index (χ0n) is 5.44. The lowest BCUT2D eigenvalue weighted by Gasteiger charge is -2.01. The first kappa shape index (κ1) is 8.46. The van der Waals surface area contributed by atoms with Gasteiger partial charge >= 0.3 is 0 Å². The summed E-state index contributed by atoms with van der Waals surface area (Å²) in [5.41, 5.74) is -0.0446. The molecule has 0 radical (unpaired) electrons. The first-order chi connectivity index (χ1) is 5.15. The van der Waals surface area contributed by atoms with E-state index in [4.69, 9.17) is 5.11 Å². The molecule has 0 aliphatic rings. The maximum atomic E-state index is 12.6. The van der Waals surface area contributed by atoms with Gasteiger partial charge in [0.05, 0.1) is 0 Å². The van der Waals surface area contributed by atoms with Crippen LogP contribution in [0, 0.1) is 5.82 Å². The smallest absolute Gasteiger partial charge is 0.166 e. The molecule has 1 rings (SSSR count). The van der Waals surface area contributed by atoms with Gasteiger partial charge in [-0.05, 0) is 12.1 Å². The van der Waals surface area contributed by atoms with Crippen molar-refractivity contribution in [3.8, 4) is 5.75 Å². The average Bonchev–Trinajstić information content (AvgIpc) is 1.96. The largest absolute Gasteiger partial charge is 0.505 e. The van der Waals surface area contributed by atoms with Gasteiger partial charge < -0.3 is 5.11 Å². The van der Waals surface area contributed by atoms with Crippen LogP contribution in [0.3, 0.4) is 0 Å². The third-order valence-corrected chi connectivity index (χ3v) is 1.71. The van der Waals surface area contributed by atoms with Crippen LogP contribution in [-0.4, -0.2) is 5.11 Å². The molecule has 0 atom stereocenters. The second-order valence-electron chi connectivity index (χ2n) is 2.03. The first-order valence-electron chi connectivity index (χ1n) is 2.88.